The highest BCUT2D eigenvalue weighted by molar-refractivity contribution is 14.0. The summed E-state index contributed by atoms with van der Waals surface area (Å²) < 4.78 is 0. The fraction of sp³-hybridized carbons (Fsp3) is 0.524. The summed E-state index contributed by atoms with van der Waals surface area (Å²) >= 11 is 1.73. The quantitative estimate of drug-likeness (QED) is 0.364. The summed E-state index contributed by atoms with van der Waals surface area (Å²) in [6.07, 6.45) is 1.11. The molecular weight excluding hydrogens is 481 g/mol. The molecule has 0 saturated carbocycles. The number of benzene rings is 1. The lowest BCUT2D eigenvalue weighted by Crippen LogP contribution is -2.44. The Balaban J connectivity index is 0.00000280. The fourth-order valence-electron chi connectivity index (χ4n) is 3.16. The van der Waals surface area contributed by atoms with E-state index in [9.17, 15) is 0 Å². The van der Waals surface area contributed by atoms with Crippen molar-refractivity contribution in [2.75, 3.05) is 25.0 Å². The number of hydrogen-bond acceptors (Lipinski definition) is 4. The molecule has 1 aromatic heterocycles. The van der Waals surface area contributed by atoms with Gasteiger partial charge in [-0.25, -0.2) is 4.98 Å². The molecule has 1 unspecified atom stereocenters. The third-order valence-corrected chi connectivity index (χ3v) is 6.10. The van der Waals surface area contributed by atoms with E-state index in [1.54, 1.807) is 11.3 Å². The van der Waals surface area contributed by atoms with Gasteiger partial charge < -0.3 is 15.5 Å². The number of aryl methyl sites for hydroxylation is 1. The Morgan fingerprint density at radius 3 is 2.61 bits per heavy atom. The maximum atomic E-state index is 4.74. The monoisotopic (exact) mass is 513 g/mol. The SMILES string of the molecule is CN=C(NCc1csc(C(C)(C)C)n1)NC1CCN(c2ccc(C)cc2)C1.I. The van der Waals surface area contributed by atoms with Gasteiger partial charge in [0.25, 0.3) is 0 Å². The van der Waals surface area contributed by atoms with Crippen molar-refractivity contribution in [3.05, 3.63) is 45.9 Å². The minimum atomic E-state index is 0. The van der Waals surface area contributed by atoms with Crippen LogP contribution < -0.4 is 15.5 Å². The molecule has 1 aliphatic heterocycles. The van der Waals surface area contributed by atoms with Crippen LogP contribution in [0.3, 0.4) is 0 Å². The van der Waals surface area contributed by atoms with Crippen LogP contribution in [0.15, 0.2) is 34.6 Å². The van der Waals surface area contributed by atoms with E-state index >= 15 is 0 Å². The standard InChI is InChI=1S/C21H31N5S.HI/c1-15-6-8-18(9-7-15)26-11-10-16(13-26)25-20(22-5)23-12-17-14-27-19(24-17)21(2,3)4;/h6-9,14,16H,10-13H2,1-5H3,(H2,22,23,25);1H. The Bertz CT molecular complexity index is 779. The molecule has 1 atom stereocenters. The minimum absolute atomic E-state index is 0. The van der Waals surface area contributed by atoms with Crippen molar-refractivity contribution in [2.45, 2.75) is 52.1 Å². The number of rotatable bonds is 4. The Morgan fingerprint density at radius 2 is 2.00 bits per heavy atom. The summed E-state index contributed by atoms with van der Waals surface area (Å²) in [5, 5.41) is 10.3. The van der Waals surface area contributed by atoms with Crippen molar-refractivity contribution in [2.24, 2.45) is 4.99 Å². The van der Waals surface area contributed by atoms with Crippen LogP contribution >= 0.6 is 35.3 Å². The molecule has 1 fully saturated rings. The second-order valence-corrected chi connectivity index (χ2v) is 9.09. The smallest absolute Gasteiger partial charge is 0.191 e. The Morgan fingerprint density at radius 1 is 1.29 bits per heavy atom. The number of anilines is 1. The van der Waals surface area contributed by atoms with Crippen LogP contribution in [0.25, 0.3) is 0 Å². The van der Waals surface area contributed by atoms with Gasteiger partial charge in [0.2, 0.25) is 0 Å². The topological polar surface area (TPSA) is 52.6 Å². The van der Waals surface area contributed by atoms with E-state index in [2.05, 4.69) is 77.9 Å². The highest BCUT2D eigenvalue weighted by atomic mass is 127. The van der Waals surface area contributed by atoms with Crippen molar-refractivity contribution in [1.29, 1.82) is 0 Å². The molecule has 2 heterocycles. The van der Waals surface area contributed by atoms with E-state index in [1.165, 1.54) is 16.3 Å². The van der Waals surface area contributed by atoms with E-state index in [4.69, 9.17) is 4.98 Å². The minimum Gasteiger partial charge on any atom is -0.369 e. The molecule has 2 N–H and O–H groups in total. The Kier molecular flexibility index (Phi) is 8.12. The summed E-state index contributed by atoms with van der Waals surface area (Å²) in [6.45, 7) is 11.5. The molecule has 0 spiro atoms. The molecule has 1 aromatic carbocycles. The molecule has 1 aliphatic rings. The van der Waals surface area contributed by atoms with E-state index < -0.39 is 0 Å². The van der Waals surface area contributed by atoms with Crippen LogP contribution in [0.1, 0.15) is 43.5 Å². The maximum absolute atomic E-state index is 4.74. The van der Waals surface area contributed by atoms with Gasteiger partial charge in [0.1, 0.15) is 0 Å². The van der Waals surface area contributed by atoms with Gasteiger partial charge in [-0.15, -0.1) is 35.3 Å². The zero-order chi connectivity index (χ0) is 19.4. The Labute approximate surface area is 190 Å². The summed E-state index contributed by atoms with van der Waals surface area (Å²) in [4.78, 5) is 11.6. The normalized spacial score (nSPS) is 17.4. The fourth-order valence-corrected chi connectivity index (χ4v) is 4.07. The van der Waals surface area contributed by atoms with Gasteiger partial charge in [-0.3, -0.25) is 4.99 Å². The molecule has 154 valence electrons. The van der Waals surface area contributed by atoms with Crippen molar-refractivity contribution in [1.82, 2.24) is 15.6 Å². The van der Waals surface area contributed by atoms with E-state index in [1.807, 2.05) is 7.05 Å². The number of thiazole rings is 1. The second kappa shape index (κ2) is 9.91. The van der Waals surface area contributed by atoms with Crippen molar-refractivity contribution >= 4 is 47.0 Å². The van der Waals surface area contributed by atoms with Gasteiger partial charge in [-0.1, -0.05) is 38.5 Å². The number of nitrogens with zero attached hydrogens (tertiary/aromatic N) is 3. The van der Waals surface area contributed by atoms with Crippen molar-refractivity contribution < 1.29 is 0 Å². The lowest BCUT2D eigenvalue weighted by Gasteiger charge is -2.20. The molecule has 2 aromatic rings. The molecule has 0 bridgehead atoms. The predicted octanol–water partition coefficient (Wildman–Crippen LogP) is 4.31. The van der Waals surface area contributed by atoms with Gasteiger partial charge in [-0.05, 0) is 25.5 Å². The molecule has 5 nitrogen and oxygen atoms in total. The van der Waals surface area contributed by atoms with Crippen LogP contribution in [0.5, 0.6) is 0 Å². The molecule has 0 amide bonds. The zero-order valence-corrected chi connectivity index (χ0v) is 20.6. The molecule has 0 aliphatic carbocycles. The lowest BCUT2D eigenvalue weighted by molar-refractivity contribution is 0.582. The Hall–Kier alpha value is -1.35. The molecule has 7 heteroatoms. The molecule has 0 radical (unpaired) electrons. The lowest BCUT2D eigenvalue weighted by atomic mass is 9.98. The summed E-state index contributed by atoms with van der Waals surface area (Å²) in [5.41, 5.74) is 3.77. The number of aromatic nitrogens is 1. The zero-order valence-electron chi connectivity index (χ0n) is 17.5. The first-order valence-electron chi connectivity index (χ1n) is 9.59. The maximum Gasteiger partial charge on any atom is 0.191 e. The summed E-state index contributed by atoms with van der Waals surface area (Å²) in [5.74, 6) is 0.844. The number of halogens is 1. The number of guanidine groups is 1. The third kappa shape index (κ3) is 6.07. The first-order valence-corrected chi connectivity index (χ1v) is 10.5. The number of nitrogens with one attached hydrogen (secondary N) is 2. The van der Waals surface area contributed by atoms with Crippen LogP contribution in [-0.2, 0) is 12.0 Å². The number of aliphatic imine (C=N–C) groups is 1. The first kappa shape index (κ1) is 22.9. The highest BCUT2D eigenvalue weighted by Crippen LogP contribution is 2.25. The molecule has 1 saturated heterocycles. The van der Waals surface area contributed by atoms with Crippen LogP contribution in [-0.4, -0.2) is 37.1 Å². The van der Waals surface area contributed by atoms with Crippen LogP contribution in [0.2, 0.25) is 0 Å². The van der Waals surface area contributed by atoms with Crippen LogP contribution in [0, 0.1) is 6.92 Å². The van der Waals surface area contributed by atoms with E-state index in [0.29, 0.717) is 12.6 Å². The van der Waals surface area contributed by atoms with E-state index in [-0.39, 0.29) is 29.4 Å². The highest BCUT2D eigenvalue weighted by Gasteiger charge is 2.23. The number of hydrogen-bond donors (Lipinski definition) is 2. The average Bonchev–Trinajstić information content (AvgIpc) is 3.28. The second-order valence-electron chi connectivity index (χ2n) is 8.23. The van der Waals surface area contributed by atoms with E-state index in [0.717, 1.165) is 31.2 Å². The average molecular weight is 513 g/mol. The summed E-state index contributed by atoms with van der Waals surface area (Å²) in [7, 11) is 1.82. The molecule has 28 heavy (non-hydrogen) atoms. The van der Waals surface area contributed by atoms with Gasteiger partial charge in [0, 0.05) is 42.7 Å². The largest absolute Gasteiger partial charge is 0.369 e. The molecular formula is C21H32IN5S. The predicted molar refractivity (Wildman–Crippen MR) is 131 cm³/mol. The summed E-state index contributed by atoms with van der Waals surface area (Å²) in [6, 6.07) is 9.17. The third-order valence-electron chi connectivity index (χ3n) is 4.78. The van der Waals surface area contributed by atoms with Gasteiger partial charge in [0.15, 0.2) is 5.96 Å². The van der Waals surface area contributed by atoms with Crippen molar-refractivity contribution in [3.63, 3.8) is 0 Å². The van der Waals surface area contributed by atoms with Gasteiger partial charge >= 0.3 is 0 Å². The van der Waals surface area contributed by atoms with Gasteiger partial charge in [-0.2, -0.15) is 0 Å². The molecule has 3 rings (SSSR count). The first-order chi connectivity index (χ1) is 12.8. The van der Waals surface area contributed by atoms with Crippen LogP contribution in [0.4, 0.5) is 5.69 Å². The van der Waals surface area contributed by atoms with Crippen molar-refractivity contribution in [3.8, 4) is 0 Å². The van der Waals surface area contributed by atoms with Gasteiger partial charge in [0.05, 0.1) is 17.2 Å².